The summed E-state index contributed by atoms with van der Waals surface area (Å²) in [5, 5.41) is 4.56. The van der Waals surface area contributed by atoms with E-state index < -0.39 is 0 Å². The second kappa shape index (κ2) is 5.19. The predicted molar refractivity (Wildman–Crippen MR) is 120 cm³/mol. The van der Waals surface area contributed by atoms with Gasteiger partial charge in [0.2, 0.25) is 0 Å². The van der Waals surface area contributed by atoms with Gasteiger partial charge in [-0.05, 0) is 78.6 Å². The Hall–Kier alpha value is -3.30. The van der Waals surface area contributed by atoms with Crippen LogP contribution in [0, 0.1) is 13.8 Å². The van der Waals surface area contributed by atoms with Gasteiger partial charge in [-0.15, -0.1) is 0 Å². The number of hydrogen-bond donors (Lipinski definition) is 0. The molecule has 7 rings (SSSR count). The number of aryl methyl sites for hydroxylation is 2. The minimum Gasteiger partial charge on any atom is -0.456 e. The average molecular weight is 392 g/mol. The Morgan fingerprint density at radius 3 is 2.28 bits per heavy atom. The van der Waals surface area contributed by atoms with Crippen molar-refractivity contribution in [2.75, 3.05) is 0 Å². The first-order valence-electron chi connectivity index (χ1n) is 9.78. The molecule has 3 heterocycles. The topological polar surface area (TPSA) is 18.5 Å². The summed E-state index contributed by atoms with van der Waals surface area (Å²) < 4.78 is 14.0. The van der Waals surface area contributed by atoms with Crippen LogP contribution >= 0.6 is 11.3 Å². The Morgan fingerprint density at radius 1 is 0.655 bits per heavy atom. The molecule has 0 spiro atoms. The van der Waals surface area contributed by atoms with E-state index in [0.717, 1.165) is 38.6 Å². The maximum atomic E-state index is 6.44. The maximum Gasteiger partial charge on any atom is 0.190 e. The van der Waals surface area contributed by atoms with E-state index in [1.807, 2.05) is 12.1 Å². The number of para-hydroxylation sites is 1. The van der Waals surface area contributed by atoms with Crippen LogP contribution in [0.2, 0.25) is 0 Å². The van der Waals surface area contributed by atoms with Gasteiger partial charge in [-0.25, -0.2) is 0 Å². The summed E-state index contributed by atoms with van der Waals surface area (Å²) in [5.41, 5.74) is 7.42. The Labute approximate surface area is 171 Å². The van der Waals surface area contributed by atoms with Crippen LogP contribution < -0.4 is 9.47 Å². The third kappa shape index (κ3) is 1.91. The smallest absolute Gasteiger partial charge is 0.190 e. The van der Waals surface area contributed by atoms with Gasteiger partial charge in [0, 0.05) is 32.0 Å². The molecule has 5 aromatic rings. The van der Waals surface area contributed by atoms with Crippen molar-refractivity contribution in [1.82, 2.24) is 0 Å². The van der Waals surface area contributed by atoms with Crippen LogP contribution in [0.4, 0.5) is 0 Å². The zero-order chi connectivity index (χ0) is 19.3. The highest BCUT2D eigenvalue weighted by atomic mass is 32.1. The number of thiophene rings is 1. The quantitative estimate of drug-likeness (QED) is 0.259. The summed E-state index contributed by atoms with van der Waals surface area (Å²) >= 11 is 1.73. The SMILES string of the molecule is Cc1cc2sc3c(c2cc1C)-c1ccc2c4c(ccc(c14)O3)-c1ccccc1O2. The van der Waals surface area contributed by atoms with Gasteiger partial charge in [-0.3, -0.25) is 0 Å². The Kier molecular flexibility index (Phi) is 2.79. The van der Waals surface area contributed by atoms with E-state index in [9.17, 15) is 0 Å². The van der Waals surface area contributed by atoms with Gasteiger partial charge in [0.25, 0.3) is 0 Å². The van der Waals surface area contributed by atoms with Crippen LogP contribution in [0.25, 0.3) is 43.1 Å². The molecule has 3 heteroatoms. The molecule has 0 saturated heterocycles. The fourth-order valence-corrected chi connectivity index (χ4v) is 5.85. The van der Waals surface area contributed by atoms with Gasteiger partial charge in [0.05, 0.1) is 0 Å². The van der Waals surface area contributed by atoms with Crippen LogP contribution in [0.15, 0.2) is 60.7 Å². The van der Waals surface area contributed by atoms with Crippen molar-refractivity contribution in [2.24, 2.45) is 0 Å². The number of benzene rings is 4. The van der Waals surface area contributed by atoms with Crippen LogP contribution in [0.5, 0.6) is 22.3 Å². The molecule has 2 aliphatic rings. The molecule has 29 heavy (non-hydrogen) atoms. The molecule has 0 aliphatic carbocycles. The molecule has 0 saturated carbocycles. The van der Waals surface area contributed by atoms with Crippen molar-refractivity contribution < 1.29 is 9.47 Å². The van der Waals surface area contributed by atoms with Gasteiger partial charge < -0.3 is 9.47 Å². The molecule has 0 atom stereocenters. The zero-order valence-electron chi connectivity index (χ0n) is 16.0. The lowest BCUT2D eigenvalue weighted by molar-refractivity contribution is 0.484. The lowest BCUT2D eigenvalue weighted by atomic mass is 9.88. The number of ether oxygens (including phenoxy) is 2. The van der Waals surface area contributed by atoms with E-state index in [2.05, 4.69) is 62.4 Å². The molecule has 0 fully saturated rings. The van der Waals surface area contributed by atoms with Crippen molar-refractivity contribution in [3.63, 3.8) is 0 Å². The molecule has 0 amide bonds. The summed E-state index contributed by atoms with van der Waals surface area (Å²) in [7, 11) is 0. The fraction of sp³-hybridized carbons (Fsp3) is 0.0769. The minimum atomic E-state index is 0.901. The fourth-order valence-electron chi connectivity index (χ4n) is 4.69. The summed E-state index contributed by atoms with van der Waals surface area (Å²) in [6, 6.07) is 21.4. The Balaban J connectivity index is 1.63. The van der Waals surface area contributed by atoms with Crippen molar-refractivity contribution in [3.8, 4) is 44.6 Å². The molecule has 2 nitrogen and oxygen atoms in total. The highest BCUT2D eigenvalue weighted by molar-refractivity contribution is 7.21. The standard InChI is InChI=1S/C26H16O2S/c1-13-11-18-22(12-14(13)2)29-26-23(18)17-8-10-20-24-16(7-9-21(28-26)25(17)24)15-5-3-4-6-19(15)27-20/h3-12H,1-2H3. The number of rotatable bonds is 0. The average Bonchev–Trinajstić information content (AvgIpc) is 3.08. The first kappa shape index (κ1) is 15.6. The van der Waals surface area contributed by atoms with Crippen molar-refractivity contribution in [1.29, 1.82) is 0 Å². The Bertz CT molecular complexity index is 1520. The van der Waals surface area contributed by atoms with E-state index in [1.54, 1.807) is 11.3 Å². The van der Waals surface area contributed by atoms with Crippen LogP contribution in [-0.2, 0) is 0 Å². The summed E-state index contributed by atoms with van der Waals surface area (Å²) in [4.78, 5) is 0. The first-order chi connectivity index (χ1) is 14.2. The largest absolute Gasteiger partial charge is 0.456 e. The van der Waals surface area contributed by atoms with Gasteiger partial charge in [0.1, 0.15) is 17.2 Å². The monoisotopic (exact) mass is 392 g/mol. The highest BCUT2D eigenvalue weighted by Crippen LogP contribution is 2.58. The van der Waals surface area contributed by atoms with E-state index in [0.29, 0.717) is 0 Å². The van der Waals surface area contributed by atoms with E-state index in [4.69, 9.17) is 9.47 Å². The van der Waals surface area contributed by atoms with Crippen molar-refractivity contribution in [3.05, 3.63) is 71.8 Å². The molecule has 0 unspecified atom stereocenters. The van der Waals surface area contributed by atoms with Crippen LogP contribution in [-0.4, -0.2) is 0 Å². The first-order valence-corrected chi connectivity index (χ1v) is 10.6. The molecule has 1 aromatic heterocycles. The molecule has 138 valence electrons. The second-order valence-corrected chi connectivity index (χ2v) is 8.88. The molecular formula is C26H16O2S. The normalized spacial score (nSPS) is 13.0. The lowest BCUT2D eigenvalue weighted by Crippen LogP contribution is -2.01. The van der Waals surface area contributed by atoms with Crippen molar-refractivity contribution >= 4 is 32.2 Å². The van der Waals surface area contributed by atoms with Gasteiger partial charge in [0.15, 0.2) is 5.06 Å². The van der Waals surface area contributed by atoms with Gasteiger partial charge in [-0.1, -0.05) is 29.5 Å². The molecule has 0 N–H and O–H groups in total. The van der Waals surface area contributed by atoms with Gasteiger partial charge >= 0.3 is 0 Å². The number of fused-ring (bicyclic) bond motifs is 6. The molecular weight excluding hydrogens is 376 g/mol. The third-order valence-electron chi connectivity index (χ3n) is 6.23. The van der Waals surface area contributed by atoms with E-state index in [-0.39, 0.29) is 0 Å². The highest BCUT2D eigenvalue weighted by Gasteiger charge is 2.29. The summed E-state index contributed by atoms with van der Waals surface area (Å²) in [6.45, 7) is 4.35. The van der Waals surface area contributed by atoms with Crippen LogP contribution in [0.3, 0.4) is 0 Å². The van der Waals surface area contributed by atoms with Crippen molar-refractivity contribution in [2.45, 2.75) is 13.8 Å². The number of hydrogen-bond acceptors (Lipinski definition) is 3. The minimum absolute atomic E-state index is 0.901. The maximum absolute atomic E-state index is 6.44. The Morgan fingerprint density at radius 2 is 1.38 bits per heavy atom. The molecule has 0 radical (unpaired) electrons. The van der Waals surface area contributed by atoms with Crippen LogP contribution in [0.1, 0.15) is 11.1 Å². The summed E-state index contributed by atoms with van der Waals surface area (Å²) in [5.74, 6) is 2.72. The van der Waals surface area contributed by atoms with E-state index >= 15 is 0 Å². The molecule has 0 bridgehead atoms. The summed E-state index contributed by atoms with van der Waals surface area (Å²) in [6.07, 6.45) is 0. The molecule has 4 aromatic carbocycles. The predicted octanol–water partition coefficient (Wildman–Crippen LogP) is 8.22. The van der Waals surface area contributed by atoms with E-state index in [1.165, 1.54) is 37.9 Å². The molecule has 2 aliphatic heterocycles. The zero-order valence-corrected chi connectivity index (χ0v) is 16.8. The van der Waals surface area contributed by atoms with Gasteiger partial charge in [-0.2, -0.15) is 0 Å². The third-order valence-corrected chi connectivity index (χ3v) is 7.26. The second-order valence-electron chi connectivity index (χ2n) is 7.87. The lowest BCUT2D eigenvalue weighted by Gasteiger charge is -2.26.